The van der Waals surface area contributed by atoms with Crippen LogP contribution in [0.15, 0.2) is 17.1 Å². The van der Waals surface area contributed by atoms with Crippen molar-refractivity contribution in [2.45, 2.75) is 26.3 Å². The molecule has 22 heavy (non-hydrogen) atoms. The second-order valence-electron chi connectivity index (χ2n) is 5.05. The van der Waals surface area contributed by atoms with Crippen LogP contribution in [0.3, 0.4) is 0 Å². The largest absolute Gasteiger partial charge is 0.867 e. The standard InChI is InChI=1S/C14H17ClN2O5/c1-8(2)4-11(14(19)22-3)16-7-9-5-10(15)6-12(13(9)18)17(20)21/h5-8,11,18H,4H2,1-3H3/p-1/t11-/m1/s1. The Bertz CT molecular complexity index is 601. The number of benzene rings is 1. The van der Waals surface area contributed by atoms with Gasteiger partial charge in [0, 0.05) is 17.3 Å². The summed E-state index contributed by atoms with van der Waals surface area (Å²) in [6.45, 7) is 3.82. The van der Waals surface area contributed by atoms with Crippen LogP contribution in [0, 0.1) is 16.0 Å². The molecule has 1 aromatic carbocycles. The number of nitro benzene ring substituents is 1. The predicted molar refractivity (Wildman–Crippen MR) is 80.4 cm³/mol. The van der Waals surface area contributed by atoms with Crippen LogP contribution >= 0.6 is 11.6 Å². The maximum absolute atomic E-state index is 11.9. The SMILES string of the molecule is COC(=O)[C@@H](CC(C)C)N=Cc1cc(Cl)cc([N+](=O)[O-])c1[O-]. The molecule has 0 saturated heterocycles. The van der Waals surface area contributed by atoms with Crippen molar-refractivity contribution in [1.29, 1.82) is 0 Å². The van der Waals surface area contributed by atoms with Crippen LogP contribution in [0.2, 0.25) is 5.02 Å². The minimum absolute atomic E-state index is 0.0446. The molecule has 120 valence electrons. The van der Waals surface area contributed by atoms with Crippen molar-refractivity contribution in [3.63, 3.8) is 0 Å². The molecular formula is C14H16ClN2O5-. The Morgan fingerprint density at radius 3 is 2.64 bits per heavy atom. The van der Waals surface area contributed by atoms with E-state index in [2.05, 4.69) is 9.73 Å². The number of nitrogens with zero attached hydrogens (tertiary/aromatic N) is 2. The molecule has 0 heterocycles. The zero-order valence-corrected chi connectivity index (χ0v) is 13.2. The molecule has 0 aliphatic rings. The molecule has 0 aliphatic heterocycles. The molecule has 0 saturated carbocycles. The smallest absolute Gasteiger partial charge is 0.330 e. The second kappa shape index (κ2) is 7.74. The van der Waals surface area contributed by atoms with Gasteiger partial charge < -0.3 is 9.84 Å². The molecular weight excluding hydrogens is 312 g/mol. The van der Waals surface area contributed by atoms with Crippen LogP contribution in [0.1, 0.15) is 25.8 Å². The van der Waals surface area contributed by atoms with E-state index in [1.54, 1.807) is 0 Å². The first-order chi connectivity index (χ1) is 10.3. The number of hydrogen-bond acceptors (Lipinski definition) is 6. The van der Waals surface area contributed by atoms with E-state index < -0.39 is 28.4 Å². The summed E-state index contributed by atoms with van der Waals surface area (Å²) in [4.78, 5) is 25.7. The van der Waals surface area contributed by atoms with Crippen molar-refractivity contribution < 1.29 is 19.6 Å². The van der Waals surface area contributed by atoms with E-state index >= 15 is 0 Å². The Morgan fingerprint density at radius 2 is 2.14 bits per heavy atom. The number of carbonyl (C=O) groups excluding carboxylic acids is 1. The molecule has 0 N–H and O–H groups in total. The Hall–Kier alpha value is -2.15. The molecule has 1 rings (SSSR count). The topological polar surface area (TPSA) is 105 Å². The van der Waals surface area contributed by atoms with Crippen LogP contribution in [0.25, 0.3) is 0 Å². The lowest BCUT2D eigenvalue weighted by Gasteiger charge is -2.14. The van der Waals surface area contributed by atoms with Gasteiger partial charge in [0.05, 0.1) is 12.0 Å². The quantitative estimate of drug-likeness (QED) is 0.345. The fourth-order valence-electron chi connectivity index (χ4n) is 1.80. The first-order valence-electron chi connectivity index (χ1n) is 6.52. The van der Waals surface area contributed by atoms with Gasteiger partial charge in [0.1, 0.15) is 6.04 Å². The highest BCUT2D eigenvalue weighted by Gasteiger charge is 2.19. The first kappa shape index (κ1) is 17.9. The highest BCUT2D eigenvalue weighted by Crippen LogP contribution is 2.30. The number of halogens is 1. The Balaban J connectivity index is 3.15. The van der Waals surface area contributed by atoms with Crippen LogP contribution in [-0.4, -0.2) is 30.3 Å². The number of ether oxygens (including phenoxy) is 1. The number of methoxy groups -OCH3 is 1. The third kappa shape index (κ3) is 4.70. The summed E-state index contributed by atoms with van der Waals surface area (Å²) in [7, 11) is 1.24. The second-order valence-corrected chi connectivity index (χ2v) is 5.48. The molecule has 1 atom stereocenters. The van der Waals surface area contributed by atoms with Gasteiger partial charge in [-0.2, -0.15) is 0 Å². The van der Waals surface area contributed by atoms with Crippen molar-refractivity contribution in [1.82, 2.24) is 0 Å². The van der Waals surface area contributed by atoms with E-state index in [-0.39, 0.29) is 16.5 Å². The molecule has 0 aliphatic carbocycles. The van der Waals surface area contributed by atoms with Gasteiger partial charge in [0.15, 0.2) is 0 Å². The summed E-state index contributed by atoms with van der Waals surface area (Å²) in [6, 6.07) is 1.47. The summed E-state index contributed by atoms with van der Waals surface area (Å²) < 4.78 is 4.65. The van der Waals surface area contributed by atoms with Gasteiger partial charge in [-0.3, -0.25) is 15.1 Å². The van der Waals surface area contributed by atoms with Gasteiger partial charge in [-0.05, 0) is 29.7 Å². The molecule has 7 nitrogen and oxygen atoms in total. The van der Waals surface area contributed by atoms with E-state index in [9.17, 15) is 20.0 Å². The number of hydrogen-bond donors (Lipinski definition) is 0. The Morgan fingerprint density at radius 1 is 1.50 bits per heavy atom. The zero-order chi connectivity index (χ0) is 16.9. The molecule has 0 unspecified atom stereocenters. The van der Waals surface area contributed by atoms with Crippen molar-refractivity contribution in [3.05, 3.63) is 32.8 Å². The summed E-state index contributed by atoms with van der Waals surface area (Å²) in [5.41, 5.74) is -0.677. The molecule has 1 aromatic rings. The van der Waals surface area contributed by atoms with E-state index in [1.165, 1.54) is 13.2 Å². The van der Waals surface area contributed by atoms with Crippen molar-refractivity contribution in [2.24, 2.45) is 10.9 Å². The fraction of sp³-hybridized carbons (Fsp3) is 0.429. The van der Waals surface area contributed by atoms with E-state index in [0.717, 1.165) is 12.3 Å². The van der Waals surface area contributed by atoms with Crippen LogP contribution in [0.5, 0.6) is 5.75 Å². The number of rotatable bonds is 6. The summed E-state index contributed by atoms with van der Waals surface area (Å²) in [6.07, 6.45) is 1.56. The normalized spacial score (nSPS) is 12.6. The van der Waals surface area contributed by atoms with Crippen LogP contribution in [0.4, 0.5) is 5.69 Å². The first-order valence-corrected chi connectivity index (χ1v) is 6.90. The average molecular weight is 328 g/mol. The van der Waals surface area contributed by atoms with E-state index in [0.29, 0.717) is 6.42 Å². The number of esters is 1. The molecule has 8 heteroatoms. The van der Waals surface area contributed by atoms with Gasteiger partial charge in [-0.15, -0.1) is 0 Å². The summed E-state index contributed by atoms with van der Waals surface area (Å²) in [5, 5.41) is 22.8. The minimum atomic E-state index is -0.808. The highest BCUT2D eigenvalue weighted by atomic mass is 35.5. The fourth-order valence-corrected chi connectivity index (χ4v) is 2.02. The molecule has 0 radical (unpaired) electrons. The van der Waals surface area contributed by atoms with E-state index in [1.807, 2.05) is 13.8 Å². The van der Waals surface area contributed by atoms with Gasteiger partial charge in [0.2, 0.25) is 0 Å². The van der Waals surface area contributed by atoms with Gasteiger partial charge in [0.25, 0.3) is 5.69 Å². The lowest BCUT2D eigenvalue weighted by molar-refractivity contribution is -0.398. The lowest BCUT2D eigenvalue weighted by Crippen LogP contribution is -2.22. The molecule has 0 bridgehead atoms. The summed E-state index contributed by atoms with van der Waals surface area (Å²) in [5.74, 6) is -1.15. The highest BCUT2D eigenvalue weighted by molar-refractivity contribution is 6.31. The summed E-state index contributed by atoms with van der Waals surface area (Å²) >= 11 is 5.76. The lowest BCUT2D eigenvalue weighted by atomic mass is 10.0. The molecule has 0 spiro atoms. The van der Waals surface area contributed by atoms with Crippen molar-refractivity contribution >= 4 is 29.5 Å². The monoisotopic (exact) mass is 327 g/mol. The molecule has 0 aromatic heterocycles. The van der Waals surface area contributed by atoms with Crippen molar-refractivity contribution in [2.75, 3.05) is 7.11 Å². The number of carbonyl (C=O) groups is 1. The van der Waals surface area contributed by atoms with Gasteiger partial charge in [-0.25, -0.2) is 4.79 Å². The Kier molecular flexibility index (Phi) is 6.30. The van der Waals surface area contributed by atoms with Gasteiger partial charge >= 0.3 is 5.97 Å². The molecule has 0 amide bonds. The van der Waals surface area contributed by atoms with E-state index in [4.69, 9.17) is 11.6 Å². The van der Waals surface area contributed by atoms with Gasteiger partial charge in [-0.1, -0.05) is 25.4 Å². The maximum Gasteiger partial charge on any atom is 0.330 e. The number of nitro groups is 1. The molecule has 0 fully saturated rings. The maximum atomic E-state index is 11.9. The number of aliphatic imine (C=N–C) groups is 1. The zero-order valence-electron chi connectivity index (χ0n) is 12.4. The van der Waals surface area contributed by atoms with Crippen LogP contribution in [-0.2, 0) is 9.53 Å². The van der Waals surface area contributed by atoms with Crippen molar-refractivity contribution in [3.8, 4) is 5.75 Å². The third-order valence-electron chi connectivity index (χ3n) is 2.82. The average Bonchev–Trinajstić information content (AvgIpc) is 2.44. The van der Waals surface area contributed by atoms with Crippen LogP contribution < -0.4 is 5.11 Å². The predicted octanol–water partition coefficient (Wildman–Crippen LogP) is 2.33. The minimum Gasteiger partial charge on any atom is -0.867 e. The third-order valence-corrected chi connectivity index (χ3v) is 3.04. The Labute approximate surface area is 132 Å².